The number of aromatic nitrogens is 5. The first-order valence-corrected chi connectivity index (χ1v) is 8.99. The number of benzene rings is 1. The van der Waals surface area contributed by atoms with Crippen molar-refractivity contribution in [3.05, 3.63) is 65.8 Å². The summed E-state index contributed by atoms with van der Waals surface area (Å²) in [5, 5.41) is 8.14. The summed E-state index contributed by atoms with van der Waals surface area (Å²) in [4.78, 5) is 23.5. The number of anilines is 1. The normalized spacial score (nSPS) is 14.2. The van der Waals surface area contributed by atoms with E-state index in [2.05, 4.69) is 25.2 Å². The van der Waals surface area contributed by atoms with Gasteiger partial charge in [-0.1, -0.05) is 23.4 Å². The topological polar surface area (TPSA) is 76.8 Å². The zero-order valence-electron chi connectivity index (χ0n) is 15.1. The molecule has 0 unspecified atom stereocenters. The fraction of sp³-hybridized carbons (Fsp3) is 0.250. The third kappa shape index (κ3) is 3.62. The Morgan fingerprint density at radius 1 is 1.07 bits per heavy atom. The number of rotatable bonds is 5. The SMILES string of the molecule is Cc1c(C(=O)/C=C/c2cnc(N3CCCC3)nc2)nnn1-c1ccccc1. The summed E-state index contributed by atoms with van der Waals surface area (Å²) in [5.74, 6) is 0.552. The summed E-state index contributed by atoms with van der Waals surface area (Å²) < 4.78 is 1.66. The van der Waals surface area contributed by atoms with E-state index in [0.29, 0.717) is 11.4 Å². The van der Waals surface area contributed by atoms with Gasteiger partial charge >= 0.3 is 0 Å². The van der Waals surface area contributed by atoms with Gasteiger partial charge in [0, 0.05) is 31.0 Å². The van der Waals surface area contributed by atoms with E-state index in [1.54, 1.807) is 23.2 Å². The third-order valence-electron chi connectivity index (χ3n) is 4.60. The number of hydrogen-bond donors (Lipinski definition) is 0. The van der Waals surface area contributed by atoms with Crippen LogP contribution in [0.3, 0.4) is 0 Å². The average molecular weight is 360 g/mol. The number of carbonyl (C=O) groups excluding carboxylic acids is 1. The van der Waals surface area contributed by atoms with Gasteiger partial charge in [-0.15, -0.1) is 5.10 Å². The highest BCUT2D eigenvalue weighted by Crippen LogP contribution is 2.16. The maximum absolute atomic E-state index is 12.5. The molecular weight excluding hydrogens is 340 g/mol. The lowest BCUT2D eigenvalue weighted by atomic mass is 10.2. The first kappa shape index (κ1) is 17.1. The van der Waals surface area contributed by atoms with Crippen molar-refractivity contribution < 1.29 is 4.79 Å². The molecule has 136 valence electrons. The molecule has 7 nitrogen and oxygen atoms in total. The number of ketones is 1. The molecular formula is C20H20N6O. The monoisotopic (exact) mass is 360 g/mol. The molecule has 1 saturated heterocycles. The summed E-state index contributed by atoms with van der Waals surface area (Å²) in [7, 11) is 0. The Morgan fingerprint density at radius 3 is 2.48 bits per heavy atom. The van der Waals surface area contributed by atoms with Crippen LogP contribution >= 0.6 is 0 Å². The summed E-state index contributed by atoms with van der Waals surface area (Å²) in [6.07, 6.45) is 9.03. The van der Waals surface area contributed by atoms with Crippen molar-refractivity contribution in [1.29, 1.82) is 0 Å². The van der Waals surface area contributed by atoms with Gasteiger partial charge in [-0.05, 0) is 44.1 Å². The van der Waals surface area contributed by atoms with Crippen molar-refractivity contribution >= 4 is 17.8 Å². The van der Waals surface area contributed by atoms with E-state index in [4.69, 9.17) is 0 Å². The van der Waals surface area contributed by atoms with Gasteiger partial charge in [0.2, 0.25) is 11.7 Å². The smallest absolute Gasteiger partial charge is 0.225 e. The van der Waals surface area contributed by atoms with Crippen LogP contribution in [0.1, 0.15) is 34.6 Å². The molecule has 1 aromatic carbocycles. The summed E-state index contributed by atoms with van der Waals surface area (Å²) >= 11 is 0. The number of carbonyl (C=O) groups is 1. The molecule has 0 N–H and O–H groups in total. The van der Waals surface area contributed by atoms with E-state index in [-0.39, 0.29) is 5.78 Å². The van der Waals surface area contributed by atoms with E-state index in [9.17, 15) is 4.79 Å². The van der Waals surface area contributed by atoms with Gasteiger partial charge in [-0.2, -0.15) is 0 Å². The molecule has 2 aromatic heterocycles. The molecule has 7 heteroatoms. The van der Waals surface area contributed by atoms with Crippen LogP contribution < -0.4 is 4.90 Å². The van der Waals surface area contributed by atoms with E-state index < -0.39 is 0 Å². The molecule has 27 heavy (non-hydrogen) atoms. The van der Waals surface area contributed by atoms with Gasteiger partial charge in [-0.3, -0.25) is 4.79 Å². The molecule has 0 aliphatic carbocycles. The Hall–Kier alpha value is -3.35. The molecule has 3 heterocycles. The first-order valence-electron chi connectivity index (χ1n) is 8.99. The molecule has 0 amide bonds. The van der Waals surface area contributed by atoms with Crippen molar-refractivity contribution in [3.8, 4) is 5.69 Å². The first-order chi connectivity index (χ1) is 13.2. The quantitative estimate of drug-likeness (QED) is 0.514. The van der Waals surface area contributed by atoms with Gasteiger partial charge in [0.1, 0.15) is 0 Å². The van der Waals surface area contributed by atoms with Gasteiger partial charge in [0.25, 0.3) is 0 Å². The van der Waals surface area contributed by atoms with Gasteiger partial charge < -0.3 is 4.90 Å². The molecule has 1 aliphatic rings. The molecule has 1 fully saturated rings. The second-order valence-corrected chi connectivity index (χ2v) is 6.48. The highest BCUT2D eigenvalue weighted by Gasteiger charge is 2.16. The lowest BCUT2D eigenvalue weighted by molar-refractivity contribution is 0.104. The highest BCUT2D eigenvalue weighted by molar-refractivity contribution is 6.06. The molecule has 0 saturated carbocycles. The van der Waals surface area contributed by atoms with Crippen molar-refractivity contribution in [2.24, 2.45) is 0 Å². The van der Waals surface area contributed by atoms with Crippen LogP contribution in [-0.4, -0.2) is 43.8 Å². The number of allylic oxidation sites excluding steroid dienone is 1. The Balaban J connectivity index is 1.48. The number of nitrogens with zero attached hydrogens (tertiary/aromatic N) is 6. The minimum atomic E-state index is -0.196. The Morgan fingerprint density at radius 2 is 1.78 bits per heavy atom. The van der Waals surface area contributed by atoms with Crippen LogP contribution in [0.2, 0.25) is 0 Å². The minimum Gasteiger partial charge on any atom is -0.341 e. The lowest BCUT2D eigenvalue weighted by Gasteiger charge is -2.14. The van der Waals surface area contributed by atoms with E-state index in [1.807, 2.05) is 37.3 Å². The van der Waals surface area contributed by atoms with Crippen molar-refractivity contribution in [1.82, 2.24) is 25.0 Å². The van der Waals surface area contributed by atoms with Crippen LogP contribution in [0.4, 0.5) is 5.95 Å². The largest absolute Gasteiger partial charge is 0.341 e. The Labute approximate surface area is 157 Å². The number of hydrogen-bond acceptors (Lipinski definition) is 6. The van der Waals surface area contributed by atoms with E-state index in [1.165, 1.54) is 18.9 Å². The molecule has 0 atom stereocenters. The molecule has 0 bridgehead atoms. The highest BCUT2D eigenvalue weighted by atomic mass is 16.1. The third-order valence-corrected chi connectivity index (χ3v) is 4.60. The maximum Gasteiger partial charge on any atom is 0.225 e. The predicted molar refractivity (Wildman–Crippen MR) is 103 cm³/mol. The Bertz CT molecular complexity index is 956. The summed E-state index contributed by atoms with van der Waals surface area (Å²) in [5.41, 5.74) is 2.69. The average Bonchev–Trinajstić information content (AvgIpc) is 3.37. The van der Waals surface area contributed by atoms with E-state index >= 15 is 0 Å². The minimum absolute atomic E-state index is 0.196. The second-order valence-electron chi connectivity index (χ2n) is 6.48. The number of para-hydroxylation sites is 1. The molecule has 1 aliphatic heterocycles. The molecule has 4 rings (SSSR count). The lowest BCUT2D eigenvalue weighted by Crippen LogP contribution is -2.20. The van der Waals surface area contributed by atoms with E-state index in [0.717, 1.165) is 30.3 Å². The summed E-state index contributed by atoms with van der Waals surface area (Å²) in [6, 6.07) is 9.62. The Kier molecular flexibility index (Phi) is 4.74. The molecule has 0 radical (unpaired) electrons. The van der Waals surface area contributed by atoms with Gasteiger partial charge in [-0.25, -0.2) is 14.6 Å². The maximum atomic E-state index is 12.5. The molecule has 0 spiro atoms. The molecule has 3 aromatic rings. The zero-order chi connectivity index (χ0) is 18.6. The predicted octanol–water partition coefficient (Wildman–Crippen LogP) is 2.86. The van der Waals surface area contributed by atoms with Crippen LogP contribution in [0, 0.1) is 6.92 Å². The fourth-order valence-electron chi connectivity index (χ4n) is 3.12. The van der Waals surface area contributed by atoms with Crippen molar-refractivity contribution in [2.45, 2.75) is 19.8 Å². The second kappa shape index (κ2) is 7.49. The standard InChI is InChI=1S/C20H20N6O/c1-15-19(23-24-26(15)17-7-3-2-4-8-17)18(27)10-9-16-13-21-20(22-14-16)25-11-5-6-12-25/h2-4,7-10,13-14H,5-6,11-12H2,1H3/b10-9+. The fourth-order valence-corrected chi connectivity index (χ4v) is 3.12. The van der Waals surface area contributed by atoms with Crippen LogP contribution in [0.15, 0.2) is 48.8 Å². The zero-order valence-corrected chi connectivity index (χ0v) is 15.1. The van der Waals surface area contributed by atoms with Crippen LogP contribution in [0.25, 0.3) is 11.8 Å². The van der Waals surface area contributed by atoms with Crippen molar-refractivity contribution in [3.63, 3.8) is 0 Å². The van der Waals surface area contributed by atoms with Crippen LogP contribution in [-0.2, 0) is 0 Å². The van der Waals surface area contributed by atoms with Gasteiger partial charge in [0.15, 0.2) is 5.69 Å². The van der Waals surface area contributed by atoms with Crippen molar-refractivity contribution in [2.75, 3.05) is 18.0 Å². The van der Waals surface area contributed by atoms with Crippen LogP contribution in [0.5, 0.6) is 0 Å². The van der Waals surface area contributed by atoms with Gasteiger partial charge in [0.05, 0.1) is 11.4 Å². The summed E-state index contributed by atoms with van der Waals surface area (Å²) in [6.45, 7) is 3.84.